The predicted molar refractivity (Wildman–Crippen MR) is 114 cm³/mol. The first-order valence-corrected chi connectivity index (χ1v) is 9.48. The molecule has 0 aliphatic heterocycles. The Labute approximate surface area is 175 Å². The molecule has 0 aliphatic carbocycles. The molecule has 0 heterocycles. The Morgan fingerprint density at radius 2 is 1.03 bits per heavy atom. The number of amides is 2. The van der Waals surface area contributed by atoms with Gasteiger partial charge >= 0.3 is 0 Å². The number of rotatable bonds is 8. The number of primary amides is 2. The maximum absolute atomic E-state index is 11.6. The van der Waals surface area contributed by atoms with Gasteiger partial charge in [0.15, 0.2) is 0 Å². The lowest BCUT2D eigenvalue weighted by Crippen LogP contribution is -2.13. The summed E-state index contributed by atoms with van der Waals surface area (Å²) in [7, 11) is 0. The van der Waals surface area contributed by atoms with E-state index in [2.05, 4.69) is 0 Å². The highest BCUT2D eigenvalue weighted by atomic mass is 16.5. The Morgan fingerprint density at radius 1 is 0.667 bits per heavy atom. The van der Waals surface area contributed by atoms with Crippen LogP contribution in [0.5, 0.6) is 11.5 Å². The normalized spacial score (nSPS) is 10.5. The first-order valence-electron chi connectivity index (χ1n) is 9.48. The lowest BCUT2D eigenvalue weighted by atomic mass is 10.1. The quantitative estimate of drug-likeness (QED) is 0.598. The molecule has 6 heteroatoms. The van der Waals surface area contributed by atoms with E-state index in [-0.39, 0.29) is 0 Å². The van der Waals surface area contributed by atoms with Crippen molar-refractivity contribution in [3.63, 3.8) is 0 Å². The molecule has 0 spiro atoms. The average molecular weight is 404 g/mol. The second-order valence-corrected chi connectivity index (χ2v) is 7.12. The molecule has 30 heavy (non-hydrogen) atoms. The summed E-state index contributed by atoms with van der Waals surface area (Å²) in [6, 6.07) is 18.2. The van der Waals surface area contributed by atoms with Gasteiger partial charge in [0, 0.05) is 0 Å². The Balaban J connectivity index is 1.64. The van der Waals surface area contributed by atoms with Gasteiger partial charge in [0.2, 0.25) is 0 Å². The molecule has 4 N–H and O–H groups in total. The van der Waals surface area contributed by atoms with Crippen molar-refractivity contribution in [3.05, 3.63) is 94.0 Å². The Kier molecular flexibility index (Phi) is 6.37. The first kappa shape index (κ1) is 20.9. The highest BCUT2D eigenvalue weighted by molar-refractivity contribution is 5.96. The van der Waals surface area contributed by atoms with Crippen molar-refractivity contribution in [1.29, 1.82) is 0 Å². The summed E-state index contributed by atoms with van der Waals surface area (Å²) >= 11 is 0. The highest BCUT2D eigenvalue weighted by Crippen LogP contribution is 2.23. The second kappa shape index (κ2) is 9.13. The van der Waals surface area contributed by atoms with Crippen molar-refractivity contribution in [2.45, 2.75) is 27.1 Å². The summed E-state index contributed by atoms with van der Waals surface area (Å²) < 4.78 is 11.6. The minimum absolute atomic E-state index is 0.300. The molecule has 0 aromatic heterocycles. The van der Waals surface area contributed by atoms with E-state index in [1.165, 1.54) is 0 Å². The van der Waals surface area contributed by atoms with Crippen LogP contribution in [0.1, 0.15) is 43.0 Å². The number of carbonyl (C=O) groups is 2. The number of nitrogens with two attached hydrogens (primary N) is 2. The molecule has 0 bridgehead atoms. The summed E-state index contributed by atoms with van der Waals surface area (Å²) in [6.45, 7) is 4.44. The highest BCUT2D eigenvalue weighted by Gasteiger charge is 2.11. The van der Waals surface area contributed by atoms with Crippen LogP contribution in [0.4, 0.5) is 0 Å². The summed E-state index contributed by atoms with van der Waals surface area (Å²) in [6.07, 6.45) is 0. The van der Waals surface area contributed by atoms with Gasteiger partial charge in [-0.3, -0.25) is 9.59 Å². The van der Waals surface area contributed by atoms with E-state index in [1.54, 1.807) is 24.3 Å². The number of benzene rings is 3. The van der Waals surface area contributed by atoms with E-state index in [4.69, 9.17) is 20.9 Å². The average Bonchev–Trinajstić information content (AvgIpc) is 2.71. The van der Waals surface area contributed by atoms with Gasteiger partial charge < -0.3 is 20.9 Å². The summed E-state index contributed by atoms with van der Waals surface area (Å²) in [5.74, 6) is -0.116. The fraction of sp³-hybridized carbons (Fsp3) is 0.167. The van der Waals surface area contributed by atoms with Gasteiger partial charge in [-0.05, 0) is 60.4 Å². The van der Waals surface area contributed by atoms with Crippen LogP contribution in [0.25, 0.3) is 0 Å². The van der Waals surface area contributed by atoms with Gasteiger partial charge in [-0.25, -0.2) is 0 Å². The van der Waals surface area contributed by atoms with E-state index in [0.29, 0.717) is 35.8 Å². The zero-order valence-corrected chi connectivity index (χ0v) is 17.0. The number of hydrogen-bond acceptors (Lipinski definition) is 4. The minimum Gasteiger partial charge on any atom is -0.488 e. The summed E-state index contributed by atoms with van der Waals surface area (Å²) in [5.41, 5.74) is 15.4. The standard InChI is InChI=1S/C24H24N2O4/c1-15-3-9-19(23(25)27)21(11-15)29-13-17-5-7-18(8-6-17)14-30-22-12-16(2)4-10-20(22)24(26)28/h3-12H,13-14H2,1-2H3,(H2,25,27)(H2,26,28). The fourth-order valence-electron chi connectivity index (χ4n) is 2.96. The zero-order chi connectivity index (χ0) is 21.7. The molecule has 154 valence electrons. The molecule has 2 amide bonds. The maximum atomic E-state index is 11.6. The number of aryl methyl sites for hydroxylation is 2. The van der Waals surface area contributed by atoms with Crippen molar-refractivity contribution >= 4 is 11.8 Å². The second-order valence-electron chi connectivity index (χ2n) is 7.12. The molecular weight excluding hydrogens is 380 g/mol. The van der Waals surface area contributed by atoms with E-state index in [1.807, 2.05) is 50.2 Å². The van der Waals surface area contributed by atoms with Crippen molar-refractivity contribution in [2.75, 3.05) is 0 Å². The lowest BCUT2D eigenvalue weighted by molar-refractivity contribution is 0.0987. The SMILES string of the molecule is Cc1ccc(C(N)=O)c(OCc2ccc(COc3cc(C)ccc3C(N)=O)cc2)c1. The van der Waals surface area contributed by atoms with E-state index in [0.717, 1.165) is 22.3 Å². The number of ether oxygens (including phenoxy) is 2. The van der Waals surface area contributed by atoms with E-state index < -0.39 is 11.8 Å². The largest absolute Gasteiger partial charge is 0.488 e. The Bertz CT molecular complexity index is 989. The predicted octanol–water partition coefficient (Wildman–Crippen LogP) is 3.66. The summed E-state index contributed by atoms with van der Waals surface area (Å²) in [5, 5.41) is 0. The molecule has 6 nitrogen and oxygen atoms in total. The zero-order valence-electron chi connectivity index (χ0n) is 17.0. The van der Waals surface area contributed by atoms with Gasteiger partial charge in [-0.15, -0.1) is 0 Å². The monoisotopic (exact) mass is 404 g/mol. The smallest absolute Gasteiger partial charge is 0.252 e. The van der Waals surface area contributed by atoms with Crippen molar-refractivity contribution in [1.82, 2.24) is 0 Å². The number of carbonyl (C=O) groups excluding carboxylic acids is 2. The molecule has 0 aliphatic rings. The van der Waals surface area contributed by atoms with Crippen LogP contribution in [0, 0.1) is 13.8 Å². The molecule has 0 radical (unpaired) electrons. The van der Waals surface area contributed by atoms with E-state index >= 15 is 0 Å². The molecule has 3 aromatic rings. The summed E-state index contributed by atoms with van der Waals surface area (Å²) in [4.78, 5) is 23.1. The van der Waals surface area contributed by atoms with Crippen LogP contribution >= 0.6 is 0 Å². The Hall–Kier alpha value is -3.80. The van der Waals surface area contributed by atoms with Crippen LogP contribution in [0.15, 0.2) is 60.7 Å². The van der Waals surface area contributed by atoms with Gasteiger partial charge in [0.25, 0.3) is 11.8 Å². The first-order chi connectivity index (χ1) is 14.3. The Morgan fingerprint density at radius 3 is 1.37 bits per heavy atom. The lowest BCUT2D eigenvalue weighted by Gasteiger charge is -2.12. The van der Waals surface area contributed by atoms with Crippen molar-refractivity contribution in [2.24, 2.45) is 11.5 Å². The number of hydrogen-bond donors (Lipinski definition) is 2. The van der Waals surface area contributed by atoms with Crippen LogP contribution in [-0.4, -0.2) is 11.8 Å². The van der Waals surface area contributed by atoms with Crippen LogP contribution in [0.2, 0.25) is 0 Å². The van der Waals surface area contributed by atoms with Crippen LogP contribution in [-0.2, 0) is 13.2 Å². The third kappa shape index (κ3) is 5.17. The third-order valence-electron chi connectivity index (χ3n) is 4.62. The van der Waals surface area contributed by atoms with Gasteiger partial charge in [-0.2, -0.15) is 0 Å². The molecule has 0 saturated carbocycles. The van der Waals surface area contributed by atoms with Gasteiger partial charge in [0.1, 0.15) is 24.7 Å². The van der Waals surface area contributed by atoms with Crippen LogP contribution < -0.4 is 20.9 Å². The topological polar surface area (TPSA) is 105 Å². The minimum atomic E-state index is -0.524. The van der Waals surface area contributed by atoms with E-state index in [9.17, 15) is 9.59 Å². The molecule has 0 unspecified atom stereocenters. The van der Waals surface area contributed by atoms with Crippen LogP contribution in [0.3, 0.4) is 0 Å². The van der Waals surface area contributed by atoms with Crippen molar-refractivity contribution < 1.29 is 19.1 Å². The maximum Gasteiger partial charge on any atom is 0.252 e. The molecule has 0 saturated heterocycles. The molecule has 3 aromatic carbocycles. The molecule has 0 atom stereocenters. The van der Waals surface area contributed by atoms with Crippen molar-refractivity contribution in [3.8, 4) is 11.5 Å². The van der Waals surface area contributed by atoms with Gasteiger partial charge in [-0.1, -0.05) is 36.4 Å². The fourth-order valence-corrected chi connectivity index (χ4v) is 2.96. The van der Waals surface area contributed by atoms with Gasteiger partial charge in [0.05, 0.1) is 11.1 Å². The molecular formula is C24H24N2O4. The molecule has 0 fully saturated rings. The third-order valence-corrected chi connectivity index (χ3v) is 4.62. The molecule has 3 rings (SSSR count).